The molecule has 1 fully saturated rings. The molecule has 1 amide bonds. The Labute approximate surface area is 135 Å². The fourth-order valence-corrected chi connectivity index (χ4v) is 2.67. The van der Waals surface area contributed by atoms with Gasteiger partial charge in [-0.2, -0.15) is 5.26 Å². The average Bonchev–Trinajstić information content (AvgIpc) is 3.02. The second-order valence-corrected chi connectivity index (χ2v) is 5.59. The summed E-state index contributed by atoms with van der Waals surface area (Å²) >= 11 is 0. The van der Waals surface area contributed by atoms with E-state index in [-0.39, 0.29) is 12.0 Å². The summed E-state index contributed by atoms with van der Waals surface area (Å²) in [7, 11) is 0. The third-order valence-electron chi connectivity index (χ3n) is 3.82. The molecular weight excluding hydrogens is 290 g/mol. The molecule has 5 nitrogen and oxygen atoms in total. The second-order valence-electron chi connectivity index (χ2n) is 5.59. The van der Waals surface area contributed by atoms with Crippen molar-refractivity contribution in [3.63, 3.8) is 0 Å². The van der Waals surface area contributed by atoms with Gasteiger partial charge in [0.2, 0.25) is 5.88 Å². The van der Waals surface area contributed by atoms with Crippen LogP contribution in [0, 0.1) is 18.3 Å². The lowest BCUT2D eigenvalue weighted by molar-refractivity contribution is 0.0771. The smallest absolute Gasteiger partial charge is 0.254 e. The van der Waals surface area contributed by atoms with Crippen LogP contribution in [-0.2, 0) is 0 Å². The van der Waals surface area contributed by atoms with E-state index in [1.165, 1.54) is 0 Å². The minimum Gasteiger partial charge on any atom is -0.472 e. The Morgan fingerprint density at radius 2 is 2.17 bits per heavy atom. The zero-order valence-corrected chi connectivity index (χ0v) is 12.9. The lowest BCUT2D eigenvalue weighted by Gasteiger charge is -2.17. The van der Waals surface area contributed by atoms with Crippen molar-refractivity contribution in [2.24, 2.45) is 0 Å². The third-order valence-corrected chi connectivity index (χ3v) is 3.82. The lowest BCUT2D eigenvalue weighted by Crippen LogP contribution is -2.31. The zero-order chi connectivity index (χ0) is 16.2. The van der Waals surface area contributed by atoms with Crippen molar-refractivity contribution in [2.75, 3.05) is 13.1 Å². The first-order chi connectivity index (χ1) is 11.2. The molecule has 1 aliphatic heterocycles. The van der Waals surface area contributed by atoms with Crippen LogP contribution in [0.1, 0.15) is 28.0 Å². The molecule has 1 atom stereocenters. The lowest BCUT2D eigenvalue weighted by atomic mass is 10.1. The van der Waals surface area contributed by atoms with Crippen LogP contribution in [0.15, 0.2) is 42.5 Å². The molecule has 0 radical (unpaired) electrons. The van der Waals surface area contributed by atoms with Gasteiger partial charge in [-0.3, -0.25) is 4.79 Å². The summed E-state index contributed by atoms with van der Waals surface area (Å²) < 4.78 is 5.86. The van der Waals surface area contributed by atoms with E-state index in [0.717, 1.165) is 12.1 Å². The van der Waals surface area contributed by atoms with Crippen LogP contribution in [-0.4, -0.2) is 35.0 Å². The summed E-state index contributed by atoms with van der Waals surface area (Å²) in [5, 5.41) is 8.94. The van der Waals surface area contributed by atoms with Crippen molar-refractivity contribution in [3.05, 3.63) is 59.3 Å². The van der Waals surface area contributed by atoms with E-state index in [2.05, 4.69) is 11.1 Å². The molecular formula is C18H17N3O2. The molecule has 1 aromatic heterocycles. The van der Waals surface area contributed by atoms with Gasteiger partial charge in [0.1, 0.15) is 6.10 Å². The molecule has 2 aromatic rings. The van der Waals surface area contributed by atoms with Crippen molar-refractivity contribution < 1.29 is 9.53 Å². The number of pyridine rings is 1. The van der Waals surface area contributed by atoms with Crippen LogP contribution in [0.25, 0.3) is 0 Å². The molecule has 1 unspecified atom stereocenters. The number of aryl methyl sites for hydroxylation is 1. The standard InChI is InChI=1S/C18H17N3O2/c1-13-4-2-7-17(20-13)23-16-8-9-21(12-16)18(22)15-6-3-5-14(10-15)11-19/h2-7,10,16H,8-9,12H2,1H3. The first-order valence-electron chi connectivity index (χ1n) is 7.55. The molecule has 1 saturated heterocycles. The Bertz CT molecular complexity index is 767. The Morgan fingerprint density at radius 3 is 2.96 bits per heavy atom. The highest BCUT2D eigenvalue weighted by atomic mass is 16.5. The van der Waals surface area contributed by atoms with Crippen LogP contribution in [0.4, 0.5) is 0 Å². The second kappa shape index (κ2) is 6.49. The predicted molar refractivity (Wildman–Crippen MR) is 85.1 cm³/mol. The summed E-state index contributed by atoms with van der Waals surface area (Å²) in [6.07, 6.45) is 0.728. The van der Waals surface area contributed by atoms with E-state index >= 15 is 0 Å². The number of benzene rings is 1. The summed E-state index contributed by atoms with van der Waals surface area (Å²) in [5.74, 6) is 0.529. The molecule has 0 N–H and O–H groups in total. The number of rotatable bonds is 3. The van der Waals surface area contributed by atoms with Crippen LogP contribution >= 0.6 is 0 Å². The van der Waals surface area contributed by atoms with Crippen molar-refractivity contribution in [2.45, 2.75) is 19.4 Å². The van der Waals surface area contributed by atoms with Gasteiger partial charge in [-0.1, -0.05) is 12.1 Å². The summed E-state index contributed by atoms with van der Waals surface area (Å²) in [6.45, 7) is 3.09. The van der Waals surface area contributed by atoms with Crippen LogP contribution in [0.3, 0.4) is 0 Å². The number of aromatic nitrogens is 1. The average molecular weight is 307 g/mol. The highest BCUT2D eigenvalue weighted by Gasteiger charge is 2.28. The van der Waals surface area contributed by atoms with Gasteiger partial charge in [0.05, 0.1) is 18.2 Å². The summed E-state index contributed by atoms with van der Waals surface area (Å²) in [6, 6.07) is 14.5. The minimum atomic E-state index is -0.0644. The van der Waals surface area contributed by atoms with Gasteiger partial charge in [-0.05, 0) is 31.2 Å². The minimum absolute atomic E-state index is 0.0487. The molecule has 0 aliphatic carbocycles. The van der Waals surface area contributed by atoms with E-state index < -0.39 is 0 Å². The maximum Gasteiger partial charge on any atom is 0.254 e. The maximum atomic E-state index is 12.5. The van der Waals surface area contributed by atoms with E-state index in [0.29, 0.717) is 30.1 Å². The molecule has 23 heavy (non-hydrogen) atoms. The number of ether oxygens (including phenoxy) is 1. The van der Waals surface area contributed by atoms with Crippen LogP contribution in [0.5, 0.6) is 5.88 Å². The van der Waals surface area contributed by atoms with Crippen molar-refractivity contribution >= 4 is 5.91 Å². The van der Waals surface area contributed by atoms with E-state index in [9.17, 15) is 4.79 Å². The first kappa shape index (κ1) is 15.0. The van der Waals surface area contributed by atoms with Gasteiger partial charge in [-0.25, -0.2) is 4.98 Å². The number of amides is 1. The van der Waals surface area contributed by atoms with Crippen molar-refractivity contribution in [1.29, 1.82) is 5.26 Å². The van der Waals surface area contributed by atoms with Crippen molar-refractivity contribution in [1.82, 2.24) is 9.88 Å². The topological polar surface area (TPSA) is 66.2 Å². The molecule has 1 aromatic carbocycles. The fraction of sp³-hybridized carbons (Fsp3) is 0.278. The van der Waals surface area contributed by atoms with Gasteiger partial charge < -0.3 is 9.64 Å². The van der Waals surface area contributed by atoms with E-state index in [1.807, 2.05) is 25.1 Å². The molecule has 1 aliphatic rings. The zero-order valence-electron chi connectivity index (χ0n) is 12.9. The molecule has 0 bridgehead atoms. The molecule has 3 rings (SSSR count). The Balaban J connectivity index is 1.65. The number of hydrogen-bond donors (Lipinski definition) is 0. The van der Waals surface area contributed by atoms with E-state index in [1.54, 1.807) is 29.2 Å². The number of hydrogen-bond acceptors (Lipinski definition) is 4. The third kappa shape index (κ3) is 3.49. The van der Waals surface area contributed by atoms with Gasteiger partial charge in [-0.15, -0.1) is 0 Å². The normalized spacial score (nSPS) is 16.9. The first-order valence-corrected chi connectivity index (χ1v) is 7.55. The van der Waals surface area contributed by atoms with Gasteiger partial charge in [0.25, 0.3) is 5.91 Å². The quantitative estimate of drug-likeness (QED) is 0.874. The van der Waals surface area contributed by atoms with E-state index in [4.69, 9.17) is 10.00 Å². The van der Waals surface area contributed by atoms with Crippen LogP contribution < -0.4 is 4.74 Å². The summed E-state index contributed by atoms with van der Waals surface area (Å²) in [4.78, 5) is 18.6. The highest BCUT2D eigenvalue weighted by Crippen LogP contribution is 2.19. The maximum absolute atomic E-state index is 12.5. The van der Waals surface area contributed by atoms with Gasteiger partial charge in [0.15, 0.2) is 0 Å². The Hall–Kier alpha value is -2.87. The molecule has 116 valence electrons. The van der Waals surface area contributed by atoms with Crippen LogP contribution in [0.2, 0.25) is 0 Å². The molecule has 0 spiro atoms. The highest BCUT2D eigenvalue weighted by molar-refractivity contribution is 5.94. The molecule has 2 heterocycles. The number of nitrogens with zero attached hydrogens (tertiary/aromatic N) is 3. The fourth-order valence-electron chi connectivity index (χ4n) is 2.67. The number of carbonyl (C=O) groups is 1. The largest absolute Gasteiger partial charge is 0.472 e. The number of likely N-dealkylation sites (tertiary alicyclic amines) is 1. The summed E-state index contributed by atoms with van der Waals surface area (Å²) in [5.41, 5.74) is 1.94. The number of carbonyl (C=O) groups excluding carboxylic acids is 1. The SMILES string of the molecule is Cc1cccc(OC2CCN(C(=O)c3cccc(C#N)c3)C2)n1. The van der Waals surface area contributed by atoms with Gasteiger partial charge >= 0.3 is 0 Å². The van der Waals surface area contributed by atoms with Gasteiger partial charge in [0, 0.05) is 30.3 Å². The number of nitriles is 1. The Kier molecular flexibility index (Phi) is 4.24. The molecule has 0 saturated carbocycles. The van der Waals surface area contributed by atoms with Crippen molar-refractivity contribution in [3.8, 4) is 11.9 Å². The Morgan fingerprint density at radius 1 is 1.35 bits per heavy atom. The molecule has 5 heteroatoms. The predicted octanol–water partition coefficient (Wildman–Crippen LogP) is 2.56. The monoisotopic (exact) mass is 307 g/mol.